The van der Waals surface area contributed by atoms with Crippen LogP contribution < -0.4 is 5.43 Å². The van der Waals surface area contributed by atoms with Crippen molar-refractivity contribution in [2.75, 3.05) is 0 Å². The summed E-state index contributed by atoms with van der Waals surface area (Å²) in [7, 11) is 0. The summed E-state index contributed by atoms with van der Waals surface area (Å²) in [6.45, 7) is 1.84. The molecule has 0 aliphatic carbocycles. The lowest BCUT2D eigenvalue weighted by Crippen LogP contribution is -2.42. The number of aromatic amines is 1. The molecule has 0 radical (unpaired) electrons. The van der Waals surface area contributed by atoms with Gasteiger partial charge in [0.15, 0.2) is 0 Å². The lowest BCUT2D eigenvalue weighted by Gasteiger charge is -2.20. The first-order valence-corrected chi connectivity index (χ1v) is 6.37. The molecule has 20 heavy (non-hydrogen) atoms. The first-order valence-electron chi connectivity index (χ1n) is 6.37. The van der Waals surface area contributed by atoms with Crippen LogP contribution in [0.4, 0.5) is 0 Å². The van der Waals surface area contributed by atoms with Crippen molar-refractivity contribution in [3.63, 3.8) is 0 Å². The SMILES string of the molecule is CC1CC(=O)NN1C(=O)c1ccc(-c2cn[nH]c2)cc1. The molecule has 1 aliphatic rings. The molecule has 2 heterocycles. The smallest absolute Gasteiger partial charge is 0.272 e. The summed E-state index contributed by atoms with van der Waals surface area (Å²) in [4.78, 5) is 23.6. The van der Waals surface area contributed by atoms with E-state index in [1.165, 1.54) is 5.01 Å². The number of hydrogen-bond acceptors (Lipinski definition) is 3. The third kappa shape index (κ3) is 2.16. The van der Waals surface area contributed by atoms with E-state index in [4.69, 9.17) is 0 Å². The standard InChI is InChI=1S/C14H14N4O2/c1-9-6-13(19)17-18(9)14(20)11-4-2-10(3-5-11)12-7-15-16-8-12/h2-5,7-9H,6H2,1H3,(H,15,16)(H,17,19). The van der Waals surface area contributed by atoms with Gasteiger partial charge in [-0.05, 0) is 24.6 Å². The van der Waals surface area contributed by atoms with Gasteiger partial charge in [-0.25, -0.2) is 5.01 Å². The van der Waals surface area contributed by atoms with Gasteiger partial charge in [0, 0.05) is 17.3 Å². The minimum absolute atomic E-state index is 0.122. The number of hydrazine groups is 1. The molecule has 0 saturated carbocycles. The molecule has 3 rings (SSSR count). The number of rotatable bonds is 2. The predicted octanol–water partition coefficient (Wildman–Crippen LogP) is 1.34. The van der Waals surface area contributed by atoms with Crippen LogP contribution in [0.3, 0.4) is 0 Å². The molecule has 1 aromatic carbocycles. The minimum atomic E-state index is -0.193. The van der Waals surface area contributed by atoms with Crippen LogP contribution in [0.15, 0.2) is 36.7 Å². The molecule has 6 heteroatoms. The summed E-state index contributed by atoms with van der Waals surface area (Å²) in [5, 5.41) is 8.02. The molecule has 1 atom stereocenters. The maximum Gasteiger partial charge on any atom is 0.272 e. The molecule has 0 spiro atoms. The minimum Gasteiger partial charge on any atom is -0.285 e. The van der Waals surface area contributed by atoms with Crippen LogP contribution in [-0.4, -0.2) is 33.1 Å². The third-order valence-electron chi connectivity index (χ3n) is 3.35. The van der Waals surface area contributed by atoms with Crippen LogP contribution in [0.25, 0.3) is 11.1 Å². The van der Waals surface area contributed by atoms with Gasteiger partial charge in [0.05, 0.1) is 18.7 Å². The highest BCUT2D eigenvalue weighted by Crippen LogP contribution is 2.20. The molecule has 2 aromatic rings. The Morgan fingerprint density at radius 2 is 2.05 bits per heavy atom. The number of nitrogens with zero attached hydrogens (tertiary/aromatic N) is 2. The molecule has 1 unspecified atom stereocenters. The van der Waals surface area contributed by atoms with E-state index in [1.54, 1.807) is 24.5 Å². The molecule has 102 valence electrons. The van der Waals surface area contributed by atoms with Crippen molar-refractivity contribution in [2.24, 2.45) is 0 Å². The molecule has 2 N–H and O–H groups in total. The topological polar surface area (TPSA) is 78.1 Å². The Hall–Kier alpha value is -2.63. The maximum absolute atomic E-state index is 12.3. The van der Waals surface area contributed by atoms with Gasteiger partial charge < -0.3 is 0 Å². The van der Waals surface area contributed by atoms with Gasteiger partial charge >= 0.3 is 0 Å². The van der Waals surface area contributed by atoms with E-state index in [-0.39, 0.29) is 17.9 Å². The Kier molecular flexibility index (Phi) is 2.98. The van der Waals surface area contributed by atoms with Gasteiger partial charge in [-0.15, -0.1) is 0 Å². The first kappa shape index (κ1) is 12.4. The highest BCUT2D eigenvalue weighted by molar-refractivity contribution is 5.97. The summed E-state index contributed by atoms with van der Waals surface area (Å²) in [5.74, 6) is -0.317. The van der Waals surface area contributed by atoms with Crippen molar-refractivity contribution in [1.29, 1.82) is 0 Å². The maximum atomic E-state index is 12.3. The Balaban J connectivity index is 1.81. The van der Waals surface area contributed by atoms with Crippen LogP contribution >= 0.6 is 0 Å². The van der Waals surface area contributed by atoms with Crippen LogP contribution in [-0.2, 0) is 4.79 Å². The fourth-order valence-corrected chi connectivity index (χ4v) is 2.25. The van der Waals surface area contributed by atoms with Crippen LogP contribution in [0.5, 0.6) is 0 Å². The second kappa shape index (κ2) is 4.80. The van der Waals surface area contributed by atoms with E-state index in [2.05, 4.69) is 15.6 Å². The molecular weight excluding hydrogens is 256 g/mol. The molecule has 1 saturated heterocycles. The molecular formula is C14H14N4O2. The molecule has 6 nitrogen and oxygen atoms in total. The second-order valence-corrected chi connectivity index (χ2v) is 4.83. The molecule has 1 aliphatic heterocycles. The van der Waals surface area contributed by atoms with Gasteiger partial charge in [-0.2, -0.15) is 5.10 Å². The Morgan fingerprint density at radius 3 is 2.60 bits per heavy atom. The van der Waals surface area contributed by atoms with Crippen LogP contribution in [0.1, 0.15) is 23.7 Å². The van der Waals surface area contributed by atoms with Gasteiger partial charge in [0.1, 0.15) is 0 Å². The number of nitrogens with one attached hydrogen (secondary N) is 2. The van der Waals surface area contributed by atoms with E-state index in [1.807, 2.05) is 19.1 Å². The Labute approximate surface area is 115 Å². The Bertz CT molecular complexity index is 634. The summed E-state index contributed by atoms with van der Waals surface area (Å²) < 4.78 is 0. The highest BCUT2D eigenvalue weighted by atomic mass is 16.2. The summed E-state index contributed by atoms with van der Waals surface area (Å²) in [5.41, 5.74) is 5.07. The van der Waals surface area contributed by atoms with Crippen molar-refractivity contribution in [1.82, 2.24) is 20.6 Å². The number of hydrogen-bond donors (Lipinski definition) is 2. The monoisotopic (exact) mass is 270 g/mol. The van der Waals surface area contributed by atoms with Gasteiger partial charge in [-0.3, -0.25) is 20.1 Å². The van der Waals surface area contributed by atoms with Crippen molar-refractivity contribution >= 4 is 11.8 Å². The molecule has 1 aromatic heterocycles. The first-order chi connectivity index (χ1) is 9.65. The number of aromatic nitrogens is 2. The van der Waals surface area contributed by atoms with Crippen molar-refractivity contribution < 1.29 is 9.59 Å². The predicted molar refractivity (Wildman–Crippen MR) is 72.4 cm³/mol. The molecule has 2 amide bonds. The second-order valence-electron chi connectivity index (χ2n) is 4.83. The largest absolute Gasteiger partial charge is 0.285 e. The Morgan fingerprint density at radius 1 is 1.30 bits per heavy atom. The number of H-pyrrole nitrogens is 1. The van der Waals surface area contributed by atoms with Gasteiger partial charge in [0.2, 0.25) is 5.91 Å². The zero-order valence-electron chi connectivity index (χ0n) is 11.0. The fraction of sp³-hybridized carbons (Fsp3) is 0.214. The lowest BCUT2D eigenvalue weighted by molar-refractivity contribution is -0.120. The normalized spacial score (nSPS) is 18.1. The molecule has 1 fully saturated rings. The summed E-state index contributed by atoms with van der Waals surface area (Å²) in [6, 6.07) is 7.11. The number of amides is 2. The average Bonchev–Trinajstić information content (AvgIpc) is 3.08. The zero-order chi connectivity index (χ0) is 14.1. The van der Waals surface area contributed by atoms with Crippen molar-refractivity contribution in [2.45, 2.75) is 19.4 Å². The van der Waals surface area contributed by atoms with E-state index >= 15 is 0 Å². The quantitative estimate of drug-likeness (QED) is 0.864. The van der Waals surface area contributed by atoms with Crippen molar-refractivity contribution in [3.8, 4) is 11.1 Å². The third-order valence-corrected chi connectivity index (χ3v) is 3.35. The number of carbonyl (C=O) groups is 2. The van der Waals surface area contributed by atoms with E-state index < -0.39 is 0 Å². The summed E-state index contributed by atoms with van der Waals surface area (Å²) >= 11 is 0. The summed E-state index contributed by atoms with van der Waals surface area (Å²) in [6.07, 6.45) is 3.86. The lowest BCUT2D eigenvalue weighted by atomic mass is 10.1. The molecule has 0 bridgehead atoms. The van der Waals surface area contributed by atoms with Crippen molar-refractivity contribution in [3.05, 3.63) is 42.2 Å². The van der Waals surface area contributed by atoms with Crippen LogP contribution in [0, 0.1) is 0 Å². The fourth-order valence-electron chi connectivity index (χ4n) is 2.25. The zero-order valence-corrected chi connectivity index (χ0v) is 11.0. The van der Waals surface area contributed by atoms with Crippen LogP contribution in [0.2, 0.25) is 0 Å². The van der Waals surface area contributed by atoms with E-state index in [0.29, 0.717) is 12.0 Å². The number of carbonyl (C=O) groups excluding carboxylic acids is 2. The average molecular weight is 270 g/mol. The highest BCUT2D eigenvalue weighted by Gasteiger charge is 2.31. The van der Waals surface area contributed by atoms with E-state index in [0.717, 1.165) is 11.1 Å². The van der Waals surface area contributed by atoms with Gasteiger partial charge in [0.25, 0.3) is 5.91 Å². The number of benzene rings is 1. The van der Waals surface area contributed by atoms with Gasteiger partial charge in [-0.1, -0.05) is 12.1 Å². The van der Waals surface area contributed by atoms with E-state index in [9.17, 15) is 9.59 Å².